The van der Waals surface area contributed by atoms with Crippen LogP contribution in [0.15, 0.2) is 35.2 Å². The number of hydrogen-bond donors (Lipinski definition) is 2. The first-order valence-corrected chi connectivity index (χ1v) is 7.22. The van der Waals surface area contributed by atoms with Crippen LogP contribution >= 0.6 is 0 Å². The molecule has 1 atom stereocenters. The van der Waals surface area contributed by atoms with Crippen LogP contribution < -0.4 is 10.5 Å². The molecule has 0 heterocycles. The fourth-order valence-electron chi connectivity index (χ4n) is 1.40. The summed E-state index contributed by atoms with van der Waals surface area (Å²) in [6, 6.07) is 9.34. The van der Waals surface area contributed by atoms with E-state index < -0.39 is 11.0 Å². The first-order chi connectivity index (χ1) is 8.55. The standard InChI is InChI=1S/C13H22N2O2S/c1-13(2,11-17-10-6-9-14)15-18(16)12-7-4-3-5-8-12/h3-5,7-8,15H,6,9-11,14H2,1-2H3. The highest BCUT2D eigenvalue weighted by atomic mass is 32.2. The lowest BCUT2D eigenvalue weighted by molar-refractivity contribution is 0.0912. The summed E-state index contributed by atoms with van der Waals surface area (Å²) in [5.74, 6) is 0. The molecule has 3 N–H and O–H groups in total. The van der Waals surface area contributed by atoms with Gasteiger partial charge in [0.25, 0.3) is 0 Å². The van der Waals surface area contributed by atoms with Gasteiger partial charge in [-0.3, -0.25) is 0 Å². The predicted octanol–water partition coefficient (Wildman–Crippen LogP) is 1.44. The Labute approximate surface area is 111 Å². The minimum Gasteiger partial charge on any atom is -0.379 e. The number of nitrogens with two attached hydrogens (primary N) is 1. The highest BCUT2D eigenvalue weighted by Gasteiger charge is 2.21. The molecule has 0 aliphatic heterocycles. The average Bonchev–Trinajstić information content (AvgIpc) is 2.35. The summed E-state index contributed by atoms with van der Waals surface area (Å²) in [6.45, 7) is 5.71. The second-order valence-electron chi connectivity index (χ2n) is 4.76. The number of nitrogens with one attached hydrogen (secondary N) is 1. The molecule has 1 unspecified atom stereocenters. The highest BCUT2D eigenvalue weighted by Crippen LogP contribution is 2.09. The van der Waals surface area contributed by atoms with Crippen LogP contribution in [0.2, 0.25) is 0 Å². The molecular formula is C13H22N2O2S. The van der Waals surface area contributed by atoms with Gasteiger partial charge in [0, 0.05) is 12.1 Å². The Morgan fingerprint density at radius 3 is 2.61 bits per heavy atom. The molecule has 4 nitrogen and oxygen atoms in total. The lowest BCUT2D eigenvalue weighted by Gasteiger charge is -2.25. The van der Waals surface area contributed by atoms with Gasteiger partial charge in [0.1, 0.15) is 11.0 Å². The lowest BCUT2D eigenvalue weighted by atomic mass is 10.1. The van der Waals surface area contributed by atoms with Crippen LogP contribution in [-0.2, 0) is 15.7 Å². The van der Waals surface area contributed by atoms with E-state index >= 15 is 0 Å². The Kier molecular flexibility index (Phi) is 6.49. The van der Waals surface area contributed by atoms with Crippen molar-refractivity contribution in [3.05, 3.63) is 30.3 Å². The summed E-state index contributed by atoms with van der Waals surface area (Å²) in [5.41, 5.74) is 5.05. The van der Waals surface area contributed by atoms with E-state index in [1.165, 1.54) is 0 Å². The number of benzene rings is 1. The third-order valence-corrected chi connectivity index (χ3v) is 3.72. The van der Waals surface area contributed by atoms with Crippen molar-refractivity contribution in [2.24, 2.45) is 5.73 Å². The van der Waals surface area contributed by atoms with E-state index in [4.69, 9.17) is 10.5 Å². The Morgan fingerprint density at radius 1 is 1.33 bits per heavy atom. The van der Waals surface area contributed by atoms with Gasteiger partial charge in [-0.1, -0.05) is 18.2 Å². The maximum absolute atomic E-state index is 12.1. The zero-order valence-corrected chi connectivity index (χ0v) is 11.8. The Balaban J connectivity index is 2.42. The number of rotatable bonds is 8. The fraction of sp³-hybridized carbons (Fsp3) is 0.538. The summed E-state index contributed by atoms with van der Waals surface area (Å²) in [4.78, 5) is 0.771. The van der Waals surface area contributed by atoms with Crippen LogP contribution in [0.4, 0.5) is 0 Å². The van der Waals surface area contributed by atoms with Crippen LogP contribution in [0.3, 0.4) is 0 Å². The van der Waals surface area contributed by atoms with Gasteiger partial charge in [-0.2, -0.15) is 0 Å². The zero-order chi connectivity index (χ0) is 13.4. The van der Waals surface area contributed by atoms with E-state index in [-0.39, 0.29) is 5.54 Å². The molecule has 0 amide bonds. The minimum atomic E-state index is -1.21. The molecule has 0 spiro atoms. The lowest BCUT2D eigenvalue weighted by Crippen LogP contribution is -2.44. The monoisotopic (exact) mass is 270 g/mol. The van der Waals surface area contributed by atoms with Crippen molar-refractivity contribution in [3.8, 4) is 0 Å². The topological polar surface area (TPSA) is 64.3 Å². The number of ether oxygens (including phenoxy) is 1. The van der Waals surface area contributed by atoms with Crippen molar-refractivity contribution in [2.75, 3.05) is 19.8 Å². The zero-order valence-electron chi connectivity index (χ0n) is 11.0. The van der Waals surface area contributed by atoms with Gasteiger partial charge in [-0.15, -0.1) is 0 Å². The van der Waals surface area contributed by atoms with Crippen LogP contribution in [0.5, 0.6) is 0 Å². The average molecular weight is 270 g/mol. The predicted molar refractivity (Wildman–Crippen MR) is 74.6 cm³/mol. The molecule has 0 fully saturated rings. The van der Waals surface area contributed by atoms with E-state index in [1.807, 2.05) is 44.2 Å². The fourth-order valence-corrected chi connectivity index (χ4v) is 2.48. The van der Waals surface area contributed by atoms with Gasteiger partial charge >= 0.3 is 0 Å². The molecule has 0 saturated heterocycles. The summed E-state index contributed by atoms with van der Waals surface area (Å²) in [7, 11) is -1.21. The molecule has 0 bridgehead atoms. The van der Waals surface area contributed by atoms with Crippen molar-refractivity contribution in [1.29, 1.82) is 0 Å². The highest BCUT2D eigenvalue weighted by molar-refractivity contribution is 7.83. The molecule has 0 aliphatic rings. The number of hydrogen-bond acceptors (Lipinski definition) is 3. The van der Waals surface area contributed by atoms with E-state index in [1.54, 1.807) is 0 Å². The smallest absolute Gasteiger partial charge is 0.125 e. The molecular weight excluding hydrogens is 248 g/mol. The van der Waals surface area contributed by atoms with Gasteiger partial charge in [0.15, 0.2) is 0 Å². The van der Waals surface area contributed by atoms with Crippen LogP contribution in [0.1, 0.15) is 20.3 Å². The molecule has 18 heavy (non-hydrogen) atoms. The van der Waals surface area contributed by atoms with Crippen molar-refractivity contribution in [1.82, 2.24) is 4.72 Å². The Bertz CT molecular complexity index is 369. The van der Waals surface area contributed by atoms with E-state index in [0.717, 1.165) is 11.3 Å². The molecule has 0 saturated carbocycles. The van der Waals surface area contributed by atoms with E-state index in [0.29, 0.717) is 19.8 Å². The van der Waals surface area contributed by atoms with Gasteiger partial charge in [0.2, 0.25) is 0 Å². The molecule has 102 valence electrons. The summed E-state index contributed by atoms with van der Waals surface area (Å²) < 4.78 is 20.6. The quantitative estimate of drug-likeness (QED) is 0.703. The molecule has 5 heteroatoms. The minimum absolute atomic E-state index is 0.338. The van der Waals surface area contributed by atoms with Gasteiger partial charge < -0.3 is 10.5 Å². The van der Waals surface area contributed by atoms with Crippen LogP contribution in [0.25, 0.3) is 0 Å². The van der Waals surface area contributed by atoms with Crippen LogP contribution in [-0.4, -0.2) is 29.5 Å². The summed E-state index contributed by atoms with van der Waals surface area (Å²) >= 11 is 0. The third-order valence-electron chi connectivity index (χ3n) is 2.28. The first kappa shape index (κ1) is 15.3. The van der Waals surface area contributed by atoms with Gasteiger partial charge in [-0.05, 0) is 38.9 Å². The molecule has 0 aromatic heterocycles. The van der Waals surface area contributed by atoms with Crippen molar-refractivity contribution in [2.45, 2.75) is 30.7 Å². The molecule has 1 aromatic rings. The Morgan fingerprint density at radius 2 is 2.00 bits per heavy atom. The Hall–Kier alpha value is -0.750. The molecule has 0 radical (unpaired) electrons. The summed E-state index contributed by atoms with van der Waals surface area (Å²) in [5, 5.41) is 0. The normalized spacial score (nSPS) is 13.5. The third kappa shape index (κ3) is 5.73. The first-order valence-electron chi connectivity index (χ1n) is 6.07. The second kappa shape index (κ2) is 7.63. The maximum Gasteiger partial charge on any atom is 0.125 e. The second-order valence-corrected chi connectivity index (χ2v) is 5.98. The van der Waals surface area contributed by atoms with Gasteiger partial charge in [0.05, 0.1) is 11.5 Å². The van der Waals surface area contributed by atoms with Gasteiger partial charge in [-0.25, -0.2) is 8.93 Å². The summed E-state index contributed by atoms with van der Waals surface area (Å²) in [6.07, 6.45) is 0.845. The molecule has 0 aliphatic carbocycles. The largest absolute Gasteiger partial charge is 0.379 e. The van der Waals surface area contributed by atoms with Crippen LogP contribution in [0, 0.1) is 0 Å². The van der Waals surface area contributed by atoms with Crippen molar-refractivity contribution in [3.63, 3.8) is 0 Å². The van der Waals surface area contributed by atoms with Crippen molar-refractivity contribution < 1.29 is 8.95 Å². The van der Waals surface area contributed by atoms with E-state index in [2.05, 4.69) is 4.72 Å². The molecule has 1 rings (SSSR count). The maximum atomic E-state index is 12.1. The van der Waals surface area contributed by atoms with Crippen molar-refractivity contribution >= 4 is 11.0 Å². The molecule has 1 aromatic carbocycles. The van der Waals surface area contributed by atoms with E-state index in [9.17, 15) is 4.21 Å². The SMILES string of the molecule is CC(C)(COCCCN)NS(=O)c1ccccc1.